The quantitative estimate of drug-likeness (QED) is 0.486. The molecule has 22 heavy (non-hydrogen) atoms. The van der Waals surface area contributed by atoms with Crippen molar-refractivity contribution < 1.29 is 24.9 Å². The van der Waals surface area contributed by atoms with Gasteiger partial charge >= 0.3 is 11.7 Å². The summed E-state index contributed by atoms with van der Waals surface area (Å²) in [5, 5.41) is 27.4. The lowest BCUT2D eigenvalue weighted by atomic mass is 10.0. The van der Waals surface area contributed by atoms with Crippen LogP contribution in [-0.2, 0) is 9.53 Å². The third-order valence-corrected chi connectivity index (χ3v) is 3.42. The fourth-order valence-corrected chi connectivity index (χ4v) is 2.26. The van der Waals surface area contributed by atoms with E-state index in [0.29, 0.717) is 0 Å². The lowest BCUT2D eigenvalue weighted by Gasteiger charge is -2.33. The number of aliphatic hydroxyl groups is 2. The Balaban J connectivity index is 2.32. The van der Waals surface area contributed by atoms with E-state index in [0.717, 1.165) is 12.2 Å². The number of carboxylic acid groups (broad SMARTS) is 1. The van der Waals surface area contributed by atoms with E-state index in [2.05, 4.69) is 4.98 Å². The predicted molar refractivity (Wildman–Crippen MR) is 74.5 cm³/mol. The van der Waals surface area contributed by atoms with Crippen LogP contribution in [0.25, 0.3) is 6.08 Å². The van der Waals surface area contributed by atoms with Crippen LogP contribution in [-0.4, -0.2) is 56.3 Å². The lowest BCUT2D eigenvalue weighted by Crippen LogP contribution is -2.44. The SMILES string of the molecule is O=C(O)/C=C/c1cn([C@@H]2CO[C@H](CO)[C@@H](O)C2)c(=O)[nH]c1=O. The number of aromatic amines is 1. The molecule has 1 aliphatic heterocycles. The van der Waals surface area contributed by atoms with Crippen molar-refractivity contribution in [2.24, 2.45) is 0 Å². The van der Waals surface area contributed by atoms with Gasteiger partial charge in [0.15, 0.2) is 0 Å². The molecule has 1 aromatic heterocycles. The molecule has 2 rings (SSSR count). The average Bonchev–Trinajstić information content (AvgIpc) is 2.46. The zero-order chi connectivity index (χ0) is 16.3. The highest BCUT2D eigenvalue weighted by molar-refractivity contribution is 5.85. The lowest BCUT2D eigenvalue weighted by molar-refractivity contribution is -0.131. The van der Waals surface area contributed by atoms with Crippen molar-refractivity contribution in [3.8, 4) is 0 Å². The maximum atomic E-state index is 11.9. The first-order chi connectivity index (χ1) is 10.4. The second kappa shape index (κ2) is 6.69. The van der Waals surface area contributed by atoms with Gasteiger partial charge in [0.05, 0.1) is 30.9 Å². The van der Waals surface area contributed by atoms with Crippen LogP contribution < -0.4 is 11.2 Å². The van der Waals surface area contributed by atoms with Gasteiger partial charge in [-0.05, 0) is 12.5 Å². The van der Waals surface area contributed by atoms with Crippen LogP contribution in [0.1, 0.15) is 18.0 Å². The second-order valence-corrected chi connectivity index (χ2v) is 4.93. The fourth-order valence-electron chi connectivity index (χ4n) is 2.26. The maximum absolute atomic E-state index is 11.9. The molecule has 4 N–H and O–H groups in total. The van der Waals surface area contributed by atoms with Crippen LogP contribution in [0.15, 0.2) is 21.9 Å². The van der Waals surface area contributed by atoms with E-state index in [1.165, 1.54) is 10.8 Å². The topological polar surface area (TPSA) is 142 Å². The highest BCUT2D eigenvalue weighted by Crippen LogP contribution is 2.22. The molecule has 1 aromatic rings. The predicted octanol–water partition coefficient (Wildman–Crippen LogP) is -1.68. The molecule has 120 valence electrons. The smallest absolute Gasteiger partial charge is 0.328 e. The Kier molecular flexibility index (Phi) is 4.91. The summed E-state index contributed by atoms with van der Waals surface area (Å²) in [5.74, 6) is -1.22. The number of hydrogen-bond donors (Lipinski definition) is 4. The molecule has 0 spiro atoms. The van der Waals surface area contributed by atoms with Crippen molar-refractivity contribution in [3.05, 3.63) is 38.7 Å². The summed E-state index contributed by atoms with van der Waals surface area (Å²) in [6.07, 6.45) is 1.60. The zero-order valence-electron chi connectivity index (χ0n) is 11.5. The Labute approximate surface area is 124 Å². The largest absolute Gasteiger partial charge is 0.478 e. The summed E-state index contributed by atoms with van der Waals surface area (Å²) in [5.41, 5.74) is -1.38. The Hall–Kier alpha value is -2.23. The minimum Gasteiger partial charge on any atom is -0.478 e. The molecule has 0 radical (unpaired) electrons. The standard InChI is InChI=1S/C13H16N2O7/c16-5-10-9(17)3-8(6-22-10)15-4-7(1-2-11(18)19)12(20)14-13(15)21/h1-2,4,8-10,16-17H,3,5-6H2,(H,18,19)(H,14,20,21)/b2-1+/t8-,9-,10+/m0/s1. The third kappa shape index (κ3) is 3.50. The van der Waals surface area contributed by atoms with Gasteiger partial charge in [-0.1, -0.05) is 0 Å². The first-order valence-corrected chi connectivity index (χ1v) is 6.59. The second-order valence-electron chi connectivity index (χ2n) is 4.93. The van der Waals surface area contributed by atoms with Crippen molar-refractivity contribution in [2.75, 3.05) is 13.2 Å². The first-order valence-electron chi connectivity index (χ1n) is 6.59. The number of H-pyrrole nitrogens is 1. The third-order valence-electron chi connectivity index (χ3n) is 3.42. The van der Waals surface area contributed by atoms with Gasteiger partial charge in [0, 0.05) is 12.3 Å². The van der Waals surface area contributed by atoms with E-state index >= 15 is 0 Å². The van der Waals surface area contributed by atoms with E-state index in [9.17, 15) is 19.5 Å². The van der Waals surface area contributed by atoms with Crippen LogP contribution in [0.5, 0.6) is 0 Å². The summed E-state index contributed by atoms with van der Waals surface area (Å²) in [6, 6.07) is -0.529. The molecular weight excluding hydrogens is 296 g/mol. The molecule has 1 aliphatic rings. The fraction of sp³-hybridized carbons (Fsp3) is 0.462. The molecule has 0 amide bonds. The number of hydrogen-bond acceptors (Lipinski definition) is 6. The minimum atomic E-state index is -1.22. The van der Waals surface area contributed by atoms with Gasteiger partial charge in [-0.25, -0.2) is 9.59 Å². The molecule has 0 aliphatic carbocycles. The highest BCUT2D eigenvalue weighted by atomic mass is 16.5. The first kappa shape index (κ1) is 16.1. The molecule has 9 heteroatoms. The molecular formula is C13H16N2O7. The summed E-state index contributed by atoms with van der Waals surface area (Å²) in [6.45, 7) is -0.253. The Morgan fingerprint density at radius 3 is 2.82 bits per heavy atom. The molecule has 0 bridgehead atoms. The average molecular weight is 312 g/mol. The van der Waals surface area contributed by atoms with Crippen LogP contribution in [0.2, 0.25) is 0 Å². The van der Waals surface area contributed by atoms with Crippen molar-refractivity contribution in [1.82, 2.24) is 9.55 Å². The molecule has 0 aromatic carbocycles. The van der Waals surface area contributed by atoms with E-state index in [1.54, 1.807) is 0 Å². The van der Waals surface area contributed by atoms with Crippen LogP contribution in [0, 0.1) is 0 Å². The number of aliphatic carboxylic acids is 1. The summed E-state index contributed by atoms with van der Waals surface area (Å²) < 4.78 is 6.45. The van der Waals surface area contributed by atoms with Crippen molar-refractivity contribution >= 4 is 12.0 Å². The number of ether oxygens (including phenoxy) is 1. The van der Waals surface area contributed by atoms with Gasteiger partial charge in [0.2, 0.25) is 0 Å². The normalized spacial score (nSPS) is 25.5. The molecule has 1 saturated heterocycles. The van der Waals surface area contributed by atoms with Gasteiger partial charge in [0.25, 0.3) is 5.56 Å². The van der Waals surface area contributed by atoms with Gasteiger partial charge < -0.3 is 20.1 Å². The molecule has 0 unspecified atom stereocenters. The summed E-state index contributed by atoms with van der Waals surface area (Å²) >= 11 is 0. The van der Waals surface area contributed by atoms with Crippen LogP contribution >= 0.6 is 0 Å². The van der Waals surface area contributed by atoms with Gasteiger partial charge in [-0.3, -0.25) is 14.3 Å². The van der Waals surface area contributed by atoms with E-state index in [1.807, 2.05) is 0 Å². The highest BCUT2D eigenvalue weighted by Gasteiger charge is 2.31. The van der Waals surface area contributed by atoms with Crippen LogP contribution in [0.3, 0.4) is 0 Å². The number of rotatable bonds is 4. The number of carbonyl (C=O) groups is 1. The minimum absolute atomic E-state index is 0.000714. The van der Waals surface area contributed by atoms with Gasteiger partial charge in [-0.2, -0.15) is 0 Å². The number of carboxylic acids is 1. The monoisotopic (exact) mass is 312 g/mol. The Morgan fingerprint density at radius 2 is 2.23 bits per heavy atom. The number of aliphatic hydroxyl groups excluding tert-OH is 2. The van der Waals surface area contributed by atoms with Crippen LogP contribution in [0.4, 0.5) is 0 Å². The molecule has 9 nitrogen and oxygen atoms in total. The van der Waals surface area contributed by atoms with E-state index in [-0.39, 0.29) is 25.2 Å². The molecule has 3 atom stereocenters. The Bertz CT molecular complexity index is 690. The van der Waals surface area contributed by atoms with Gasteiger partial charge in [0.1, 0.15) is 6.10 Å². The number of nitrogens with zero attached hydrogens (tertiary/aromatic N) is 1. The summed E-state index contributed by atoms with van der Waals surface area (Å²) in [4.78, 5) is 36.1. The Morgan fingerprint density at radius 1 is 1.50 bits per heavy atom. The van der Waals surface area contributed by atoms with Gasteiger partial charge in [-0.15, -0.1) is 0 Å². The van der Waals surface area contributed by atoms with Crippen molar-refractivity contribution in [1.29, 1.82) is 0 Å². The number of nitrogens with one attached hydrogen (secondary N) is 1. The van der Waals surface area contributed by atoms with E-state index in [4.69, 9.17) is 14.9 Å². The summed E-state index contributed by atoms with van der Waals surface area (Å²) in [7, 11) is 0. The maximum Gasteiger partial charge on any atom is 0.328 e. The molecule has 2 heterocycles. The van der Waals surface area contributed by atoms with Crippen molar-refractivity contribution in [3.63, 3.8) is 0 Å². The van der Waals surface area contributed by atoms with E-state index < -0.39 is 35.5 Å². The number of aromatic nitrogens is 2. The zero-order valence-corrected chi connectivity index (χ0v) is 11.5. The van der Waals surface area contributed by atoms with Crippen molar-refractivity contribution in [2.45, 2.75) is 24.7 Å². The molecule has 0 saturated carbocycles. The molecule has 1 fully saturated rings.